The number of fused-ring (bicyclic) bond motifs is 1. The average molecular weight is 401 g/mol. The number of nitrogens with zero attached hydrogens (tertiary/aromatic N) is 6. The van der Waals surface area contributed by atoms with Crippen molar-refractivity contribution >= 4 is 17.4 Å². The number of alkyl halides is 2. The van der Waals surface area contributed by atoms with Crippen LogP contribution in [0.4, 0.5) is 8.78 Å². The van der Waals surface area contributed by atoms with E-state index in [1.807, 2.05) is 0 Å². The minimum Gasteiger partial charge on any atom is -0.404 e. The number of aliphatic imine (C=N–C) groups is 1. The van der Waals surface area contributed by atoms with Crippen LogP contribution in [0.15, 0.2) is 42.0 Å². The number of aliphatic hydroxyl groups is 1. The Kier molecular flexibility index (Phi) is 4.87. The Morgan fingerprint density at radius 3 is 2.97 bits per heavy atom. The third-order valence-corrected chi connectivity index (χ3v) is 5.10. The first-order chi connectivity index (χ1) is 14.0. The lowest BCUT2D eigenvalue weighted by atomic mass is 10.1. The van der Waals surface area contributed by atoms with Gasteiger partial charge in [0.1, 0.15) is 11.5 Å². The van der Waals surface area contributed by atoms with Crippen molar-refractivity contribution in [1.82, 2.24) is 24.1 Å². The topological polar surface area (TPSA) is 107 Å². The fraction of sp³-hybridized carbons (Fsp3) is 0.368. The summed E-state index contributed by atoms with van der Waals surface area (Å²) in [6.45, 7) is -0.188. The van der Waals surface area contributed by atoms with Crippen LogP contribution in [0.3, 0.4) is 0 Å². The molecule has 3 heterocycles. The second kappa shape index (κ2) is 7.36. The summed E-state index contributed by atoms with van der Waals surface area (Å²) >= 11 is 0. The summed E-state index contributed by atoms with van der Waals surface area (Å²) in [5.41, 5.74) is 8.22. The summed E-state index contributed by atoms with van der Waals surface area (Å²) in [6.07, 6.45) is 9.70. The highest BCUT2D eigenvalue weighted by atomic mass is 19.3. The molecule has 3 aromatic heterocycles. The van der Waals surface area contributed by atoms with Gasteiger partial charge >= 0.3 is 0 Å². The molecule has 2 unspecified atom stereocenters. The molecular weight excluding hydrogens is 380 g/mol. The summed E-state index contributed by atoms with van der Waals surface area (Å²) < 4.78 is 30.5. The molecule has 29 heavy (non-hydrogen) atoms. The van der Waals surface area contributed by atoms with E-state index in [9.17, 15) is 13.9 Å². The molecule has 0 aliphatic heterocycles. The summed E-state index contributed by atoms with van der Waals surface area (Å²) in [4.78, 5) is 13.0. The largest absolute Gasteiger partial charge is 0.404 e. The second-order valence-electron chi connectivity index (χ2n) is 6.99. The Labute approximate surface area is 165 Å². The van der Waals surface area contributed by atoms with Crippen LogP contribution in [0.1, 0.15) is 24.6 Å². The predicted octanol–water partition coefficient (Wildman–Crippen LogP) is 2.17. The average Bonchev–Trinajstić information content (AvgIpc) is 3.12. The molecule has 0 bridgehead atoms. The van der Waals surface area contributed by atoms with Gasteiger partial charge in [0.15, 0.2) is 0 Å². The van der Waals surface area contributed by atoms with Crippen molar-refractivity contribution in [3.05, 3.63) is 42.7 Å². The zero-order valence-electron chi connectivity index (χ0n) is 15.8. The van der Waals surface area contributed by atoms with Gasteiger partial charge in [-0.3, -0.25) is 14.1 Å². The fourth-order valence-corrected chi connectivity index (χ4v) is 3.55. The van der Waals surface area contributed by atoms with Gasteiger partial charge in [0.05, 0.1) is 29.4 Å². The maximum Gasteiger partial charge on any atom is 0.253 e. The van der Waals surface area contributed by atoms with Crippen molar-refractivity contribution in [1.29, 1.82) is 0 Å². The van der Waals surface area contributed by atoms with Crippen LogP contribution in [0.5, 0.6) is 0 Å². The van der Waals surface area contributed by atoms with E-state index >= 15 is 0 Å². The lowest BCUT2D eigenvalue weighted by Gasteiger charge is -2.16. The van der Waals surface area contributed by atoms with Crippen LogP contribution in [0, 0.1) is 5.92 Å². The highest BCUT2D eigenvalue weighted by molar-refractivity contribution is 6.09. The lowest BCUT2D eigenvalue weighted by molar-refractivity contribution is 0.0795. The van der Waals surface area contributed by atoms with Crippen molar-refractivity contribution in [2.24, 2.45) is 16.6 Å². The zero-order valence-corrected chi connectivity index (χ0v) is 15.8. The fourth-order valence-electron chi connectivity index (χ4n) is 3.55. The van der Waals surface area contributed by atoms with Gasteiger partial charge in [-0.05, 0) is 6.42 Å². The maximum absolute atomic E-state index is 13.6. The molecule has 0 aromatic carbocycles. The third kappa shape index (κ3) is 3.51. The van der Waals surface area contributed by atoms with Gasteiger partial charge in [-0.2, -0.15) is 5.10 Å². The van der Waals surface area contributed by atoms with Crippen molar-refractivity contribution < 1.29 is 13.9 Å². The molecule has 4 rings (SSSR count). The van der Waals surface area contributed by atoms with Gasteiger partial charge < -0.3 is 10.8 Å². The van der Waals surface area contributed by atoms with E-state index in [-0.39, 0.29) is 19.4 Å². The number of imidazole rings is 1. The molecule has 1 saturated carbocycles. The van der Waals surface area contributed by atoms with Gasteiger partial charge in [0.2, 0.25) is 0 Å². The Hall–Kier alpha value is -3.14. The standard InChI is InChI=1S/C19H21F2N7O/c1-23-9-12(8-22)15-6-17-24-3-4-27(17)18(26-15)13-10-25-28(11-13)16(2-5-29)14-7-19(14,20)21/h3-4,6,8-11,14,16,29H,2,5,7,22H2,1H3/b12-8+,23-9?. The molecule has 0 saturated heterocycles. The molecule has 0 radical (unpaired) electrons. The van der Waals surface area contributed by atoms with E-state index in [0.29, 0.717) is 28.3 Å². The van der Waals surface area contributed by atoms with E-state index < -0.39 is 17.9 Å². The minimum atomic E-state index is -2.71. The molecular formula is C19H21F2N7O. The highest BCUT2D eigenvalue weighted by Gasteiger charge is 2.60. The molecule has 2 atom stereocenters. The minimum absolute atomic E-state index is 0.187. The van der Waals surface area contributed by atoms with Crippen molar-refractivity contribution in [3.63, 3.8) is 0 Å². The molecule has 3 N–H and O–H groups in total. The van der Waals surface area contributed by atoms with Gasteiger partial charge in [0, 0.05) is 62.7 Å². The second-order valence-corrected chi connectivity index (χ2v) is 6.99. The molecule has 0 spiro atoms. The molecule has 10 heteroatoms. The number of halogens is 2. The van der Waals surface area contributed by atoms with E-state index in [1.54, 1.807) is 48.5 Å². The number of hydrogen-bond donors (Lipinski definition) is 2. The smallest absolute Gasteiger partial charge is 0.253 e. The zero-order chi connectivity index (χ0) is 20.6. The van der Waals surface area contributed by atoms with Crippen LogP contribution in [-0.4, -0.2) is 55.0 Å². The number of nitrogens with two attached hydrogens (primary N) is 1. The normalized spacial score (nSPS) is 19.9. The number of rotatable bonds is 7. The molecule has 1 aliphatic carbocycles. The van der Waals surface area contributed by atoms with Crippen LogP contribution in [0.25, 0.3) is 22.6 Å². The number of aliphatic hydroxyl groups excluding tert-OH is 1. The first kappa shape index (κ1) is 19.2. The lowest BCUT2D eigenvalue weighted by Crippen LogP contribution is -2.17. The van der Waals surface area contributed by atoms with Crippen LogP contribution in [0.2, 0.25) is 0 Å². The Morgan fingerprint density at radius 2 is 2.31 bits per heavy atom. The van der Waals surface area contributed by atoms with Gasteiger partial charge in [-0.25, -0.2) is 18.7 Å². The molecule has 1 aliphatic rings. The SMILES string of the molecule is CN=C/C(=C\N)c1cc2nccn2c(-c2cnn(C(CCO)C3CC3(F)F)c2)n1. The Morgan fingerprint density at radius 1 is 1.52 bits per heavy atom. The van der Waals surface area contributed by atoms with Gasteiger partial charge in [-0.15, -0.1) is 0 Å². The van der Waals surface area contributed by atoms with Crippen molar-refractivity contribution in [2.75, 3.05) is 13.7 Å². The quantitative estimate of drug-likeness (QED) is 0.590. The molecule has 3 aromatic rings. The summed E-state index contributed by atoms with van der Waals surface area (Å²) in [5.74, 6) is -2.97. The number of hydrogen-bond acceptors (Lipinski definition) is 6. The van der Waals surface area contributed by atoms with Crippen molar-refractivity contribution in [2.45, 2.75) is 24.8 Å². The molecule has 0 amide bonds. The van der Waals surface area contributed by atoms with Crippen LogP contribution in [-0.2, 0) is 0 Å². The Bertz CT molecular complexity index is 1090. The summed E-state index contributed by atoms with van der Waals surface area (Å²) in [5, 5.41) is 13.6. The summed E-state index contributed by atoms with van der Waals surface area (Å²) in [7, 11) is 1.64. The monoisotopic (exact) mass is 401 g/mol. The summed E-state index contributed by atoms with van der Waals surface area (Å²) in [6, 6.07) is 1.21. The Balaban J connectivity index is 1.76. The van der Waals surface area contributed by atoms with E-state index in [1.165, 1.54) is 10.9 Å². The van der Waals surface area contributed by atoms with Crippen LogP contribution < -0.4 is 5.73 Å². The third-order valence-electron chi connectivity index (χ3n) is 5.10. The first-order valence-electron chi connectivity index (χ1n) is 9.20. The molecule has 1 fully saturated rings. The molecule has 8 nitrogen and oxygen atoms in total. The number of aromatic nitrogens is 5. The predicted molar refractivity (Wildman–Crippen MR) is 105 cm³/mol. The van der Waals surface area contributed by atoms with Gasteiger partial charge in [0.25, 0.3) is 5.92 Å². The van der Waals surface area contributed by atoms with E-state index in [2.05, 4.69) is 20.1 Å². The van der Waals surface area contributed by atoms with Crippen LogP contribution >= 0.6 is 0 Å². The highest BCUT2D eigenvalue weighted by Crippen LogP contribution is 2.55. The van der Waals surface area contributed by atoms with Crippen molar-refractivity contribution in [3.8, 4) is 11.4 Å². The van der Waals surface area contributed by atoms with Gasteiger partial charge in [-0.1, -0.05) is 0 Å². The van der Waals surface area contributed by atoms with E-state index in [4.69, 9.17) is 5.73 Å². The molecule has 152 valence electrons. The van der Waals surface area contributed by atoms with E-state index in [0.717, 1.165) is 0 Å². The first-order valence-corrected chi connectivity index (χ1v) is 9.20. The maximum atomic E-state index is 13.6. The number of allylic oxidation sites excluding steroid dienone is 1.